The van der Waals surface area contributed by atoms with E-state index in [1.54, 1.807) is 31.4 Å². The van der Waals surface area contributed by atoms with Crippen molar-refractivity contribution in [2.75, 3.05) is 19.0 Å². The van der Waals surface area contributed by atoms with Gasteiger partial charge in [0.1, 0.15) is 17.2 Å². The van der Waals surface area contributed by atoms with Gasteiger partial charge < -0.3 is 14.8 Å². The molecule has 0 saturated heterocycles. The van der Waals surface area contributed by atoms with Gasteiger partial charge in [0, 0.05) is 0 Å². The van der Waals surface area contributed by atoms with Crippen LogP contribution in [0.1, 0.15) is 29.2 Å². The Balaban J connectivity index is 1.75. The number of benzene rings is 3. The van der Waals surface area contributed by atoms with E-state index in [1.807, 2.05) is 63.2 Å². The van der Waals surface area contributed by atoms with Crippen LogP contribution in [-0.2, 0) is 16.1 Å². The Morgan fingerprint density at radius 1 is 0.853 bits per heavy atom. The third-order valence-corrected chi connectivity index (χ3v) is 5.70. The molecular formula is C28H28N2O4. The Bertz CT molecular complexity index is 1240. The van der Waals surface area contributed by atoms with Crippen LogP contribution in [0.25, 0.3) is 5.57 Å². The first kappa shape index (κ1) is 23.1. The van der Waals surface area contributed by atoms with Crippen LogP contribution in [0.5, 0.6) is 11.5 Å². The molecule has 1 N–H and O–H groups in total. The van der Waals surface area contributed by atoms with E-state index < -0.39 is 0 Å². The van der Waals surface area contributed by atoms with Crippen molar-refractivity contribution >= 4 is 23.1 Å². The van der Waals surface area contributed by atoms with E-state index in [4.69, 9.17) is 9.47 Å². The van der Waals surface area contributed by atoms with Gasteiger partial charge in [-0.25, -0.2) is 0 Å². The smallest absolute Gasteiger partial charge is 0.278 e. The number of imide groups is 1. The van der Waals surface area contributed by atoms with Gasteiger partial charge in [-0.15, -0.1) is 0 Å². The first-order chi connectivity index (χ1) is 16.4. The number of carbonyl (C=O) groups excluding carboxylic acids is 2. The molecule has 0 bridgehead atoms. The van der Waals surface area contributed by atoms with Gasteiger partial charge in [-0.3, -0.25) is 14.5 Å². The normalized spacial score (nSPS) is 13.5. The van der Waals surface area contributed by atoms with Crippen LogP contribution in [-0.4, -0.2) is 30.4 Å². The minimum absolute atomic E-state index is 0.189. The van der Waals surface area contributed by atoms with Crippen molar-refractivity contribution in [1.29, 1.82) is 0 Å². The number of hydrogen-bond donors (Lipinski definition) is 1. The minimum atomic E-state index is -0.377. The molecule has 4 rings (SSSR count). The highest BCUT2D eigenvalue weighted by Crippen LogP contribution is 2.35. The molecule has 0 spiro atoms. The first-order valence-electron chi connectivity index (χ1n) is 11.2. The molecule has 1 aliphatic heterocycles. The quantitative estimate of drug-likeness (QED) is 0.478. The lowest BCUT2D eigenvalue weighted by Gasteiger charge is -2.16. The summed E-state index contributed by atoms with van der Waals surface area (Å²) in [7, 11) is 1.57. The van der Waals surface area contributed by atoms with E-state index in [2.05, 4.69) is 5.32 Å². The van der Waals surface area contributed by atoms with Crippen molar-refractivity contribution in [3.63, 3.8) is 0 Å². The van der Waals surface area contributed by atoms with E-state index in [-0.39, 0.29) is 24.1 Å². The highest BCUT2D eigenvalue weighted by Gasteiger charge is 2.39. The Morgan fingerprint density at radius 3 is 2.18 bits per heavy atom. The number of nitrogens with one attached hydrogen (secondary N) is 1. The molecule has 0 unspecified atom stereocenters. The number of ether oxygens (including phenoxy) is 2. The second kappa shape index (κ2) is 9.83. The molecular weight excluding hydrogens is 428 g/mol. The molecule has 0 radical (unpaired) electrons. The second-order valence-corrected chi connectivity index (χ2v) is 8.22. The maximum atomic E-state index is 13.6. The summed E-state index contributed by atoms with van der Waals surface area (Å²) in [5, 5.41) is 3.21. The third-order valence-electron chi connectivity index (χ3n) is 5.70. The van der Waals surface area contributed by atoms with E-state index >= 15 is 0 Å². The zero-order chi connectivity index (χ0) is 24.2. The Kier molecular flexibility index (Phi) is 6.68. The monoisotopic (exact) mass is 456 g/mol. The van der Waals surface area contributed by atoms with Crippen LogP contribution >= 0.6 is 0 Å². The molecule has 3 aromatic carbocycles. The standard InChI is InChI=1S/C28H28N2O4/c1-5-34-22-13-11-21(12-14-22)25-26(29-23-16-19(3)8-15-24(23)33-4)28(32)30(27(25)31)17-20-9-6-18(2)7-10-20/h6-16,29H,5,17H2,1-4H3. The number of amides is 2. The average molecular weight is 457 g/mol. The van der Waals surface area contributed by atoms with Crippen molar-refractivity contribution in [3.05, 3.63) is 94.7 Å². The van der Waals surface area contributed by atoms with Crippen LogP contribution in [0.4, 0.5) is 5.69 Å². The van der Waals surface area contributed by atoms with Gasteiger partial charge >= 0.3 is 0 Å². The van der Waals surface area contributed by atoms with Crippen LogP contribution < -0.4 is 14.8 Å². The number of methoxy groups -OCH3 is 1. The van der Waals surface area contributed by atoms with Gasteiger partial charge in [-0.05, 0) is 61.7 Å². The van der Waals surface area contributed by atoms with Crippen molar-refractivity contribution in [2.24, 2.45) is 0 Å². The number of hydrogen-bond acceptors (Lipinski definition) is 5. The molecule has 6 heteroatoms. The van der Waals surface area contributed by atoms with Crippen LogP contribution in [0.2, 0.25) is 0 Å². The molecule has 3 aromatic rings. The maximum Gasteiger partial charge on any atom is 0.278 e. The molecule has 2 amide bonds. The SMILES string of the molecule is CCOc1ccc(C2=C(Nc3cc(C)ccc3OC)C(=O)N(Cc3ccc(C)cc3)C2=O)cc1. The number of anilines is 1. The Hall–Kier alpha value is -4.06. The highest BCUT2D eigenvalue weighted by atomic mass is 16.5. The summed E-state index contributed by atoms with van der Waals surface area (Å²) >= 11 is 0. The largest absolute Gasteiger partial charge is 0.495 e. The summed E-state index contributed by atoms with van der Waals surface area (Å²) in [5.41, 5.74) is 4.81. The van der Waals surface area contributed by atoms with E-state index in [0.29, 0.717) is 34.9 Å². The summed E-state index contributed by atoms with van der Waals surface area (Å²) in [6.07, 6.45) is 0. The molecule has 34 heavy (non-hydrogen) atoms. The topological polar surface area (TPSA) is 67.9 Å². The van der Waals surface area contributed by atoms with Crippen molar-refractivity contribution in [2.45, 2.75) is 27.3 Å². The molecule has 6 nitrogen and oxygen atoms in total. The van der Waals surface area contributed by atoms with E-state index in [9.17, 15) is 9.59 Å². The van der Waals surface area contributed by atoms with Gasteiger partial charge in [-0.1, -0.05) is 48.0 Å². The maximum absolute atomic E-state index is 13.6. The fourth-order valence-electron chi connectivity index (χ4n) is 3.92. The van der Waals surface area contributed by atoms with Gasteiger partial charge in [0.15, 0.2) is 0 Å². The molecule has 0 atom stereocenters. The minimum Gasteiger partial charge on any atom is -0.495 e. The van der Waals surface area contributed by atoms with Crippen molar-refractivity contribution < 1.29 is 19.1 Å². The summed E-state index contributed by atoms with van der Waals surface area (Å²) < 4.78 is 11.0. The van der Waals surface area contributed by atoms with E-state index in [1.165, 1.54) is 4.90 Å². The zero-order valence-corrected chi connectivity index (χ0v) is 19.8. The lowest BCUT2D eigenvalue weighted by atomic mass is 10.0. The summed E-state index contributed by atoms with van der Waals surface area (Å²) in [5.74, 6) is 0.568. The van der Waals surface area contributed by atoms with Crippen molar-refractivity contribution in [1.82, 2.24) is 4.90 Å². The van der Waals surface area contributed by atoms with Crippen LogP contribution in [0.15, 0.2) is 72.4 Å². The average Bonchev–Trinajstić information content (AvgIpc) is 3.05. The number of rotatable bonds is 8. The zero-order valence-electron chi connectivity index (χ0n) is 19.8. The van der Waals surface area contributed by atoms with Gasteiger partial charge in [0.05, 0.1) is 31.5 Å². The predicted molar refractivity (Wildman–Crippen MR) is 133 cm³/mol. The number of aryl methyl sites for hydroxylation is 2. The molecule has 1 aliphatic rings. The first-order valence-corrected chi connectivity index (χ1v) is 11.2. The summed E-state index contributed by atoms with van der Waals surface area (Å²) in [6, 6.07) is 20.7. The molecule has 174 valence electrons. The molecule has 0 saturated carbocycles. The van der Waals surface area contributed by atoms with Crippen LogP contribution in [0, 0.1) is 13.8 Å². The second-order valence-electron chi connectivity index (χ2n) is 8.22. The lowest BCUT2D eigenvalue weighted by molar-refractivity contribution is -0.137. The fraction of sp³-hybridized carbons (Fsp3) is 0.214. The fourth-order valence-corrected chi connectivity index (χ4v) is 3.92. The number of carbonyl (C=O) groups is 2. The summed E-state index contributed by atoms with van der Waals surface area (Å²) in [4.78, 5) is 28.4. The van der Waals surface area contributed by atoms with Gasteiger partial charge in [0.25, 0.3) is 11.8 Å². The molecule has 1 heterocycles. The van der Waals surface area contributed by atoms with Gasteiger partial charge in [-0.2, -0.15) is 0 Å². The Labute approximate surface area is 199 Å². The highest BCUT2D eigenvalue weighted by molar-refractivity contribution is 6.36. The summed E-state index contributed by atoms with van der Waals surface area (Å²) in [6.45, 7) is 6.60. The Morgan fingerprint density at radius 2 is 1.53 bits per heavy atom. The predicted octanol–water partition coefficient (Wildman–Crippen LogP) is 5.10. The molecule has 0 fully saturated rings. The molecule has 0 aliphatic carbocycles. The number of nitrogens with zero attached hydrogens (tertiary/aromatic N) is 1. The van der Waals surface area contributed by atoms with E-state index in [0.717, 1.165) is 16.7 Å². The third kappa shape index (κ3) is 4.66. The van der Waals surface area contributed by atoms with Crippen LogP contribution in [0.3, 0.4) is 0 Å². The lowest BCUT2D eigenvalue weighted by Crippen LogP contribution is -2.32. The molecule has 0 aromatic heterocycles. The van der Waals surface area contributed by atoms with Gasteiger partial charge in [0.2, 0.25) is 0 Å². The van der Waals surface area contributed by atoms with Crippen molar-refractivity contribution in [3.8, 4) is 11.5 Å².